The minimum Gasteiger partial charge on any atom is -0.451 e. The van der Waals surface area contributed by atoms with E-state index in [9.17, 15) is 9.00 Å². The van der Waals surface area contributed by atoms with Crippen LogP contribution in [0.2, 0.25) is 5.02 Å². The molecule has 1 aliphatic carbocycles. The molecule has 1 aliphatic rings. The Kier molecular flexibility index (Phi) is 6.26. The van der Waals surface area contributed by atoms with Gasteiger partial charge in [-0.15, -0.1) is 0 Å². The molecule has 1 heterocycles. The number of benzene rings is 1. The topological polar surface area (TPSA) is 94.3 Å². The number of amides is 1. The van der Waals surface area contributed by atoms with Crippen molar-refractivity contribution in [3.05, 3.63) is 52.6 Å². The molecule has 1 unspecified atom stereocenters. The van der Waals surface area contributed by atoms with Crippen molar-refractivity contribution in [2.75, 3.05) is 0 Å². The van der Waals surface area contributed by atoms with Crippen LogP contribution in [0, 0.1) is 11.7 Å². The third-order valence-corrected chi connectivity index (χ3v) is 6.38. The molecule has 1 aromatic carbocycles. The Morgan fingerprint density at radius 1 is 1.34 bits per heavy atom. The van der Waals surface area contributed by atoms with Crippen molar-refractivity contribution in [2.24, 2.45) is 11.7 Å². The first-order valence-corrected chi connectivity index (χ1v) is 10.7. The Morgan fingerprint density at radius 2 is 2.03 bits per heavy atom. The van der Waals surface area contributed by atoms with Crippen molar-refractivity contribution in [1.82, 2.24) is 9.71 Å². The van der Waals surface area contributed by atoms with Crippen molar-refractivity contribution < 1.29 is 18.1 Å². The number of nitrogens with zero attached hydrogens (tertiary/aromatic N) is 1. The van der Waals surface area contributed by atoms with Crippen LogP contribution < -0.4 is 15.2 Å². The van der Waals surface area contributed by atoms with E-state index in [0.29, 0.717) is 5.56 Å². The van der Waals surface area contributed by atoms with E-state index in [0.717, 1.165) is 12.8 Å². The molecule has 0 radical (unpaired) electrons. The molecule has 156 valence electrons. The van der Waals surface area contributed by atoms with E-state index >= 15 is 4.39 Å². The van der Waals surface area contributed by atoms with Gasteiger partial charge < -0.3 is 10.5 Å². The molecule has 0 bridgehead atoms. The number of hydrogen-bond donors (Lipinski definition) is 2. The lowest BCUT2D eigenvalue weighted by molar-refractivity contribution is 0.0995. The maximum Gasteiger partial charge on any atom is 0.267 e. The lowest BCUT2D eigenvalue weighted by atomic mass is 10.0. The summed E-state index contributed by atoms with van der Waals surface area (Å²) in [5.41, 5.74) is 5.59. The van der Waals surface area contributed by atoms with Crippen LogP contribution in [0.1, 0.15) is 55.7 Å². The largest absolute Gasteiger partial charge is 0.451 e. The van der Waals surface area contributed by atoms with Crippen molar-refractivity contribution in [3.63, 3.8) is 0 Å². The second-order valence-corrected chi connectivity index (χ2v) is 10.3. The smallest absolute Gasteiger partial charge is 0.267 e. The molecule has 0 spiro atoms. The van der Waals surface area contributed by atoms with Crippen LogP contribution in [0.5, 0.6) is 11.5 Å². The molecular formula is C20H23ClFN3O3S. The van der Waals surface area contributed by atoms with Crippen molar-refractivity contribution in [3.8, 4) is 11.5 Å². The lowest BCUT2D eigenvalue weighted by Gasteiger charge is -2.25. The number of primary amides is 1. The SMILES string of the molecule is CC(C)(C)S(=O)N[C@@H](c1ccc(Cl)c(Oc2ccc(C(N)=O)nc2)c1F)C1CC1. The number of carbonyl (C=O) groups excluding carboxylic acids is 1. The predicted octanol–water partition coefficient (Wildman–Crippen LogP) is 4.27. The van der Waals surface area contributed by atoms with E-state index in [1.54, 1.807) is 12.1 Å². The fourth-order valence-corrected chi connectivity index (χ4v) is 3.81. The van der Waals surface area contributed by atoms with Crippen molar-refractivity contribution in [1.29, 1.82) is 0 Å². The molecular weight excluding hydrogens is 417 g/mol. The molecule has 0 aliphatic heterocycles. The highest BCUT2D eigenvalue weighted by Crippen LogP contribution is 2.45. The fourth-order valence-electron chi connectivity index (χ4n) is 2.72. The Morgan fingerprint density at radius 3 is 2.55 bits per heavy atom. The molecule has 1 fully saturated rings. The van der Waals surface area contributed by atoms with Gasteiger partial charge in [-0.1, -0.05) is 17.7 Å². The Bertz CT molecular complexity index is 943. The molecule has 1 saturated carbocycles. The predicted molar refractivity (Wildman–Crippen MR) is 111 cm³/mol. The van der Waals surface area contributed by atoms with Gasteiger partial charge in [0.2, 0.25) is 0 Å². The summed E-state index contributed by atoms with van der Waals surface area (Å²) in [6.45, 7) is 5.57. The number of carbonyl (C=O) groups is 1. The average Bonchev–Trinajstić information content (AvgIpc) is 3.48. The van der Waals surface area contributed by atoms with E-state index in [2.05, 4.69) is 9.71 Å². The number of aromatic nitrogens is 1. The summed E-state index contributed by atoms with van der Waals surface area (Å²) < 4.78 is 36.2. The van der Waals surface area contributed by atoms with Crippen LogP contribution in [-0.4, -0.2) is 19.8 Å². The van der Waals surface area contributed by atoms with E-state index in [1.807, 2.05) is 20.8 Å². The van der Waals surface area contributed by atoms with Crippen LogP contribution in [-0.2, 0) is 11.0 Å². The zero-order chi connectivity index (χ0) is 21.3. The molecule has 9 heteroatoms. The van der Waals surface area contributed by atoms with Gasteiger partial charge in [-0.2, -0.15) is 0 Å². The number of pyridine rings is 1. The normalized spacial score (nSPS) is 16.3. The Hall–Kier alpha value is -2.03. The maximum atomic E-state index is 15.4. The molecule has 2 atom stereocenters. The molecule has 1 amide bonds. The van der Waals surface area contributed by atoms with Gasteiger partial charge in [0.05, 0.1) is 33.0 Å². The number of halogens is 2. The third-order valence-electron chi connectivity index (χ3n) is 4.51. The Balaban J connectivity index is 1.91. The van der Waals surface area contributed by atoms with Gasteiger partial charge in [0.15, 0.2) is 11.6 Å². The molecule has 6 nitrogen and oxygen atoms in total. The number of nitrogens with one attached hydrogen (secondary N) is 1. The van der Waals surface area contributed by atoms with Gasteiger partial charge >= 0.3 is 0 Å². The van der Waals surface area contributed by atoms with E-state index < -0.39 is 33.5 Å². The zero-order valence-corrected chi connectivity index (χ0v) is 17.9. The van der Waals surface area contributed by atoms with Gasteiger partial charge in [-0.25, -0.2) is 18.3 Å². The molecule has 2 aromatic rings. The van der Waals surface area contributed by atoms with Crippen LogP contribution in [0.25, 0.3) is 0 Å². The van der Waals surface area contributed by atoms with Crippen LogP contribution in [0.15, 0.2) is 30.5 Å². The van der Waals surface area contributed by atoms with Gasteiger partial charge in [-0.05, 0) is 57.7 Å². The second-order valence-electron chi connectivity index (χ2n) is 7.94. The summed E-state index contributed by atoms with van der Waals surface area (Å²) in [4.78, 5) is 15.0. The first kappa shape index (κ1) is 21.7. The van der Waals surface area contributed by atoms with E-state index in [1.165, 1.54) is 18.3 Å². The summed E-state index contributed by atoms with van der Waals surface area (Å²) >= 11 is 6.17. The van der Waals surface area contributed by atoms with Crippen LogP contribution in [0.4, 0.5) is 4.39 Å². The molecule has 29 heavy (non-hydrogen) atoms. The summed E-state index contributed by atoms with van der Waals surface area (Å²) in [7, 11) is -1.36. The summed E-state index contributed by atoms with van der Waals surface area (Å²) in [6, 6.07) is 5.58. The molecule has 0 saturated heterocycles. The second kappa shape index (κ2) is 8.38. The van der Waals surface area contributed by atoms with E-state index in [-0.39, 0.29) is 28.1 Å². The lowest BCUT2D eigenvalue weighted by Crippen LogP contribution is -2.36. The monoisotopic (exact) mass is 439 g/mol. The van der Waals surface area contributed by atoms with Crippen molar-refractivity contribution in [2.45, 2.75) is 44.4 Å². The maximum absolute atomic E-state index is 15.4. The molecule has 1 aromatic heterocycles. The van der Waals surface area contributed by atoms with E-state index in [4.69, 9.17) is 22.1 Å². The average molecular weight is 440 g/mol. The van der Waals surface area contributed by atoms with Crippen molar-refractivity contribution >= 4 is 28.5 Å². The standard InChI is InChI=1S/C20H23ClFN3O3S/c1-20(2,3)29(27)25-17(11-4-5-11)13-7-8-14(21)18(16(13)22)28-12-6-9-15(19(23)26)24-10-12/h6-11,17,25H,4-5H2,1-3H3,(H2,23,26)/t17-,29?/m1/s1. The fraction of sp³-hybridized carbons (Fsp3) is 0.400. The first-order chi connectivity index (χ1) is 13.6. The van der Waals surface area contributed by atoms with Gasteiger partial charge in [-0.3, -0.25) is 4.79 Å². The summed E-state index contributed by atoms with van der Waals surface area (Å²) in [5, 5.41) is 0.0942. The summed E-state index contributed by atoms with van der Waals surface area (Å²) in [5.74, 6) is -1.03. The first-order valence-electron chi connectivity index (χ1n) is 9.17. The highest BCUT2D eigenvalue weighted by Gasteiger charge is 2.37. The Labute approximate surface area is 176 Å². The summed E-state index contributed by atoms with van der Waals surface area (Å²) in [6.07, 6.45) is 3.12. The minimum absolute atomic E-state index is 0.0697. The van der Waals surface area contributed by atoms with Gasteiger partial charge in [0.25, 0.3) is 5.91 Å². The number of rotatable bonds is 7. The quantitative estimate of drug-likeness (QED) is 0.673. The third kappa shape index (κ3) is 5.12. The van der Waals surface area contributed by atoms with Crippen LogP contribution >= 0.6 is 11.6 Å². The van der Waals surface area contributed by atoms with Gasteiger partial charge in [0, 0.05) is 5.56 Å². The minimum atomic E-state index is -1.36. The molecule has 3 N–H and O–H groups in total. The van der Waals surface area contributed by atoms with Crippen LogP contribution in [0.3, 0.4) is 0 Å². The number of ether oxygens (including phenoxy) is 1. The number of hydrogen-bond acceptors (Lipinski definition) is 4. The highest BCUT2D eigenvalue weighted by molar-refractivity contribution is 7.84. The van der Waals surface area contributed by atoms with Gasteiger partial charge in [0.1, 0.15) is 11.4 Å². The number of nitrogens with two attached hydrogens (primary N) is 1. The molecule has 3 rings (SSSR count). The highest BCUT2D eigenvalue weighted by atomic mass is 35.5. The zero-order valence-electron chi connectivity index (χ0n) is 16.4.